The van der Waals surface area contributed by atoms with Gasteiger partial charge in [-0.1, -0.05) is 119 Å². The van der Waals surface area contributed by atoms with Gasteiger partial charge in [-0.15, -0.1) is 92.4 Å². The van der Waals surface area contributed by atoms with E-state index in [1.165, 1.54) is 65.3 Å². The van der Waals surface area contributed by atoms with Crippen LogP contribution in [0.2, 0.25) is 0 Å². The van der Waals surface area contributed by atoms with Crippen molar-refractivity contribution in [1.82, 2.24) is 0 Å². The topological polar surface area (TPSA) is 0 Å². The number of hydrogen-bond acceptors (Lipinski definition) is 0. The molecule has 42 heavy (non-hydrogen) atoms. The fraction of sp³-hybridized carbons (Fsp3) is 0.100. The Hall–Kier alpha value is -3.70. The summed E-state index contributed by atoms with van der Waals surface area (Å²) < 4.78 is 0. The molecule has 2 unspecified atom stereocenters. The Morgan fingerprint density at radius 2 is 0.952 bits per heavy atom. The van der Waals surface area contributed by atoms with Gasteiger partial charge in [0.2, 0.25) is 0 Å². The molecule has 0 radical (unpaired) electrons. The van der Waals surface area contributed by atoms with Crippen LogP contribution in [0.3, 0.4) is 0 Å². The molecule has 0 saturated heterocycles. The van der Waals surface area contributed by atoms with Crippen molar-refractivity contribution in [3.8, 4) is 0 Å². The molecule has 0 N–H and O–H groups in total. The van der Waals surface area contributed by atoms with Crippen LogP contribution in [0.25, 0.3) is 0 Å². The van der Waals surface area contributed by atoms with Crippen molar-refractivity contribution < 1.29 is 0 Å². The van der Waals surface area contributed by atoms with Crippen LogP contribution in [0.4, 0.5) is 0 Å². The molecule has 2 atom stereocenters. The first-order valence-corrected chi connectivity index (χ1v) is 16.5. The molecule has 0 fully saturated rings. The second-order valence-electron chi connectivity index (χ2n) is 11.5. The van der Waals surface area contributed by atoms with E-state index in [4.69, 9.17) is 0 Å². The number of benzene rings is 4. The fourth-order valence-electron chi connectivity index (χ4n) is 7.60. The molecular weight excluding hydrogens is 533 g/mol. The van der Waals surface area contributed by atoms with Crippen LogP contribution >= 0.6 is 0 Å². The maximum atomic E-state index is 3.96. The third-order valence-electron chi connectivity index (χ3n) is 9.32. The quantitative estimate of drug-likeness (QED) is 0.165. The summed E-state index contributed by atoms with van der Waals surface area (Å²) in [6, 6.07) is 32.1. The van der Waals surface area contributed by atoms with Gasteiger partial charge in [0.15, 0.2) is 0 Å². The van der Waals surface area contributed by atoms with Gasteiger partial charge in [-0.05, 0) is 25.7 Å². The average Bonchev–Trinajstić information content (AvgIpc) is 3.58. The van der Waals surface area contributed by atoms with Crippen LogP contribution in [0.15, 0.2) is 145 Å². The predicted molar refractivity (Wildman–Crippen MR) is 179 cm³/mol. The number of aryl methyl sites for hydroxylation is 2. The van der Waals surface area contributed by atoms with Crippen LogP contribution < -0.4 is 20.7 Å². The normalized spacial score (nSPS) is 18.9. The summed E-state index contributed by atoms with van der Waals surface area (Å²) in [5.74, 6) is 0.531. The van der Waals surface area contributed by atoms with Crippen LogP contribution in [-0.2, 0) is 0 Å². The van der Waals surface area contributed by atoms with Gasteiger partial charge in [0.1, 0.15) is 0 Å². The average molecular weight is 563 g/mol. The molecule has 4 aromatic carbocycles. The zero-order valence-electron chi connectivity index (χ0n) is 24.1. The van der Waals surface area contributed by atoms with E-state index in [1.807, 2.05) is 0 Å². The molecule has 0 heterocycles. The Balaban J connectivity index is 0.00000288. The van der Waals surface area contributed by atoms with Crippen molar-refractivity contribution in [3.05, 3.63) is 190 Å². The number of allylic oxidation sites excluding steroid dienone is 10. The Morgan fingerprint density at radius 3 is 1.38 bits per heavy atom. The van der Waals surface area contributed by atoms with Crippen molar-refractivity contribution >= 4 is 51.9 Å². The zero-order chi connectivity index (χ0) is 27.6. The largest absolute Gasteiger partial charge is 2.00 e. The second kappa shape index (κ2) is 10.5. The third-order valence-corrected chi connectivity index (χ3v) is 14.5. The molecule has 4 aliphatic carbocycles. The number of hydrogen-bond donors (Lipinski definition) is 0. The molecule has 0 amide bonds. The first-order chi connectivity index (χ1) is 20.2. The molecule has 4 aromatic rings. The summed E-state index contributed by atoms with van der Waals surface area (Å²) in [6.45, 7) is 4.63. The smallest absolute Gasteiger partial charge is 0.144 e. The zero-order valence-corrected chi connectivity index (χ0v) is 26.5. The molecule has 0 bridgehead atoms. The van der Waals surface area contributed by atoms with E-state index in [2.05, 4.69) is 160 Å². The standard InChI is InChI=1S/C40H30Si.Mg/c1-27-21-23-35-33-19-11-9-13-29(33)25-37(35)39(27)41(31-15-5-3-6-16-31,32-17-7-4-8-18-32)40-28(2)22-24-36-34-20-12-10-14-30(34)26-38(36)40;/h3-24,33-34H,1-2H3;/q-2;+2. The first kappa shape index (κ1) is 27.2. The molecule has 2 heteroatoms. The van der Waals surface area contributed by atoms with E-state index in [0.717, 1.165) is 0 Å². The van der Waals surface area contributed by atoms with Gasteiger partial charge in [0.05, 0.1) is 8.07 Å². The number of rotatable bonds is 4. The minimum Gasteiger partial charge on any atom is -0.144 e. The van der Waals surface area contributed by atoms with Gasteiger partial charge < -0.3 is 0 Å². The molecule has 4 aliphatic rings. The maximum Gasteiger partial charge on any atom is 2.00 e. The summed E-state index contributed by atoms with van der Waals surface area (Å²) in [7, 11) is -2.88. The Kier molecular flexibility index (Phi) is 6.81. The fourth-order valence-corrected chi connectivity index (χ4v) is 13.2. The molecular formula is C40H30MgSi. The number of fused-ring (bicyclic) bond motifs is 6. The molecule has 0 aromatic heterocycles. The maximum absolute atomic E-state index is 3.96. The molecule has 0 aliphatic heterocycles. The van der Waals surface area contributed by atoms with E-state index in [0.29, 0.717) is 0 Å². The van der Waals surface area contributed by atoms with Gasteiger partial charge in [-0.2, -0.15) is 0 Å². The van der Waals surface area contributed by atoms with E-state index in [9.17, 15) is 0 Å². The first-order valence-electron chi connectivity index (χ1n) is 14.5. The summed E-state index contributed by atoms with van der Waals surface area (Å²) in [6.07, 6.45) is 25.7. The Labute approximate surface area is 266 Å². The van der Waals surface area contributed by atoms with Crippen LogP contribution in [0, 0.1) is 26.0 Å². The van der Waals surface area contributed by atoms with Crippen LogP contribution in [0.1, 0.15) is 45.2 Å². The van der Waals surface area contributed by atoms with Gasteiger partial charge in [-0.25, -0.2) is 0 Å². The van der Waals surface area contributed by atoms with E-state index < -0.39 is 8.07 Å². The second-order valence-corrected chi connectivity index (χ2v) is 15.2. The monoisotopic (exact) mass is 562 g/mol. The summed E-state index contributed by atoms with van der Waals surface area (Å²) in [4.78, 5) is 0. The summed E-state index contributed by atoms with van der Waals surface area (Å²) in [5.41, 5.74) is 10.5. The molecule has 196 valence electrons. The SMILES string of the molecule is Cc1ccc2c(c1[Si](c1ccccc1)(c1ccccc1)c1c(C)ccc3c1[C-]=C1C=CC=CC13)[C-]=C1C=CC=CC12.[Mg+2]. The van der Waals surface area contributed by atoms with Crippen LogP contribution in [-0.4, -0.2) is 31.1 Å². The van der Waals surface area contributed by atoms with Crippen molar-refractivity contribution in [2.75, 3.05) is 0 Å². The van der Waals surface area contributed by atoms with E-state index >= 15 is 0 Å². The minimum absolute atomic E-state index is 0. The van der Waals surface area contributed by atoms with Gasteiger partial charge >= 0.3 is 23.1 Å². The molecule has 0 saturated carbocycles. The summed E-state index contributed by atoms with van der Waals surface area (Å²) in [5, 5.41) is 5.72. The summed E-state index contributed by atoms with van der Waals surface area (Å²) >= 11 is 0. The van der Waals surface area contributed by atoms with E-state index in [-0.39, 0.29) is 34.9 Å². The van der Waals surface area contributed by atoms with Crippen molar-refractivity contribution in [2.45, 2.75) is 25.7 Å². The Bertz CT molecular complexity index is 1760. The Morgan fingerprint density at radius 1 is 0.524 bits per heavy atom. The molecule has 0 nitrogen and oxygen atoms in total. The molecule has 0 spiro atoms. The van der Waals surface area contributed by atoms with Gasteiger partial charge in [0.25, 0.3) is 0 Å². The minimum atomic E-state index is -2.88. The third kappa shape index (κ3) is 3.86. The van der Waals surface area contributed by atoms with Crippen molar-refractivity contribution in [3.63, 3.8) is 0 Å². The van der Waals surface area contributed by atoms with Crippen molar-refractivity contribution in [1.29, 1.82) is 0 Å². The predicted octanol–water partition coefficient (Wildman–Crippen LogP) is 5.90. The van der Waals surface area contributed by atoms with Crippen LogP contribution in [0.5, 0.6) is 0 Å². The molecule has 8 rings (SSSR count). The van der Waals surface area contributed by atoms with Gasteiger partial charge in [0, 0.05) is 0 Å². The van der Waals surface area contributed by atoms with Crippen molar-refractivity contribution in [2.24, 2.45) is 0 Å². The van der Waals surface area contributed by atoms with E-state index in [1.54, 1.807) is 0 Å². The van der Waals surface area contributed by atoms with Gasteiger partial charge in [-0.3, -0.25) is 0 Å².